The topological polar surface area (TPSA) is 109 Å². The summed E-state index contributed by atoms with van der Waals surface area (Å²) in [4.78, 5) is 33.7. The molecular weight excluding hydrogens is 514 g/mol. The third kappa shape index (κ3) is 5.57. The second-order valence-corrected chi connectivity index (χ2v) is 11.5. The zero-order valence-corrected chi connectivity index (χ0v) is 21.5. The number of anilines is 1. The Morgan fingerprint density at radius 2 is 2.20 bits per heavy atom. The van der Waals surface area contributed by atoms with E-state index < -0.39 is 15.7 Å². The van der Waals surface area contributed by atoms with E-state index in [0.29, 0.717) is 40.4 Å². The molecule has 1 aromatic carbocycles. The molecule has 186 valence electrons. The quantitative estimate of drug-likeness (QED) is 0.497. The molecule has 0 aliphatic carbocycles. The highest BCUT2D eigenvalue weighted by molar-refractivity contribution is 8.14. The molecule has 0 N–H and O–H groups in total. The van der Waals surface area contributed by atoms with Crippen LogP contribution in [0.4, 0.5) is 5.69 Å². The Balaban J connectivity index is 1.58. The van der Waals surface area contributed by atoms with Gasteiger partial charge in [-0.2, -0.15) is 0 Å². The Bertz CT molecular complexity index is 1290. The van der Waals surface area contributed by atoms with Crippen molar-refractivity contribution in [3.8, 4) is 5.75 Å². The van der Waals surface area contributed by atoms with E-state index in [0.717, 1.165) is 11.8 Å². The van der Waals surface area contributed by atoms with Crippen molar-refractivity contribution in [2.45, 2.75) is 19.4 Å². The molecular formula is C23H24ClN3O6S2. The highest BCUT2D eigenvalue weighted by atomic mass is 35.5. The molecule has 1 fully saturated rings. The van der Waals surface area contributed by atoms with Crippen molar-refractivity contribution in [1.29, 1.82) is 0 Å². The first-order chi connectivity index (χ1) is 16.7. The number of methoxy groups -OCH3 is 1. The number of ether oxygens (including phenoxy) is 1. The normalized spacial score (nSPS) is 20.4. The molecule has 2 aliphatic rings. The molecule has 2 aliphatic heterocycles. The number of nitrogens with zero attached hydrogens (tertiary/aromatic N) is 3. The van der Waals surface area contributed by atoms with E-state index in [9.17, 15) is 18.0 Å². The van der Waals surface area contributed by atoms with Crippen molar-refractivity contribution in [3.63, 3.8) is 0 Å². The van der Waals surface area contributed by atoms with Gasteiger partial charge in [-0.25, -0.2) is 13.4 Å². The van der Waals surface area contributed by atoms with Gasteiger partial charge in [-0.3, -0.25) is 14.5 Å². The molecule has 1 saturated heterocycles. The fourth-order valence-electron chi connectivity index (χ4n) is 3.99. The van der Waals surface area contributed by atoms with E-state index >= 15 is 0 Å². The molecule has 0 radical (unpaired) electrons. The summed E-state index contributed by atoms with van der Waals surface area (Å²) < 4.78 is 34.3. The molecule has 3 heterocycles. The average Bonchev–Trinajstić information content (AvgIpc) is 3.53. The molecule has 1 atom stereocenters. The number of amides is 2. The number of halogens is 1. The molecule has 12 heteroatoms. The predicted molar refractivity (Wildman–Crippen MR) is 137 cm³/mol. The van der Waals surface area contributed by atoms with Crippen molar-refractivity contribution in [2.75, 3.05) is 35.8 Å². The zero-order valence-electron chi connectivity index (χ0n) is 19.1. The Hall–Kier alpha value is -2.76. The first kappa shape index (κ1) is 25.3. The van der Waals surface area contributed by atoms with Crippen molar-refractivity contribution >= 4 is 61.9 Å². The maximum absolute atomic E-state index is 13.3. The molecule has 2 aromatic rings. The van der Waals surface area contributed by atoms with Crippen LogP contribution in [0.1, 0.15) is 19.1 Å². The molecule has 2 amide bonds. The molecule has 35 heavy (non-hydrogen) atoms. The number of aliphatic imine (C=N–C) groups is 1. The van der Waals surface area contributed by atoms with Gasteiger partial charge in [0.1, 0.15) is 17.2 Å². The van der Waals surface area contributed by atoms with Gasteiger partial charge in [0.2, 0.25) is 5.91 Å². The summed E-state index contributed by atoms with van der Waals surface area (Å²) in [6.07, 6.45) is 3.45. The van der Waals surface area contributed by atoms with E-state index in [4.69, 9.17) is 20.8 Å². The second kappa shape index (κ2) is 10.5. The SMILES string of the molecule is CCN(C(=O)CSC1=NC(=Cc2ccco2)C(=O)N1c1ccc(OC)c(Cl)c1)C1CCS(=O)(=O)C1. The number of rotatable bonds is 7. The zero-order chi connectivity index (χ0) is 25.2. The van der Waals surface area contributed by atoms with Crippen molar-refractivity contribution in [3.05, 3.63) is 53.1 Å². The van der Waals surface area contributed by atoms with Gasteiger partial charge in [0.15, 0.2) is 15.0 Å². The van der Waals surface area contributed by atoms with Gasteiger partial charge in [0, 0.05) is 18.7 Å². The van der Waals surface area contributed by atoms with Crippen LogP contribution in [0.5, 0.6) is 5.75 Å². The van der Waals surface area contributed by atoms with Crippen molar-refractivity contribution in [1.82, 2.24) is 4.90 Å². The number of amidine groups is 1. The lowest BCUT2D eigenvalue weighted by Gasteiger charge is -2.27. The van der Waals surface area contributed by atoms with Gasteiger partial charge in [-0.1, -0.05) is 23.4 Å². The van der Waals surface area contributed by atoms with Crippen LogP contribution in [0.15, 0.2) is 51.7 Å². The number of sulfone groups is 1. The molecule has 0 spiro atoms. The number of thioether (sulfide) groups is 1. The number of benzene rings is 1. The summed E-state index contributed by atoms with van der Waals surface area (Å²) in [7, 11) is -1.63. The largest absolute Gasteiger partial charge is 0.495 e. The van der Waals surface area contributed by atoms with E-state index in [1.165, 1.54) is 24.3 Å². The maximum Gasteiger partial charge on any atom is 0.283 e. The number of furan rings is 1. The van der Waals surface area contributed by atoms with Crippen LogP contribution in [0.3, 0.4) is 0 Å². The molecule has 0 saturated carbocycles. The highest BCUT2D eigenvalue weighted by Crippen LogP contribution is 2.34. The summed E-state index contributed by atoms with van der Waals surface area (Å²) in [6, 6.07) is 7.98. The number of carbonyl (C=O) groups excluding carboxylic acids is 2. The van der Waals surface area contributed by atoms with E-state index in [1.807, 2.05) is 6.92 Å². The average molecular weight is 538 g/mol. The van der Waals surface area contributed by atoms with Gasteiger partial charge in [-0.15, -0.1) is 0 Å². The second-order valence-electron chi connectivity index (χ2n) is 7.92. The standard InChI is InChI=1S/C23H24ClN3O6S2/c1-3-26(16-8-10-35(30,31)14-16)21(28)13-34-23-25-19(12-17-5-4-9-33-17)22(29)27(23)15-6-7-20(32-2)18(24)11-15/h4-7,9,11-12,16H,3,8,10,13-14H2,1-2H3. The lowest BCUT2D eigenvalue weighted by molar-refractivity contribution is -0.129. The Morgan fingerprint density at radius 3 is 2.80 bits per heavy atom. The lowest BCUT2D eigenvalue weighted by atomic mass is 10.2. The van der Waals surface area contributed by atoms with Crippen molar-refractivity contribution in [2.24, 2.45) is 4.99 Å². The first-order valence-electron chi connectivity index (χ1n) is 10.9. The minimum absolute atomic E-state index is 0.00901. The maximum atomic E-state index is 13.3. The molecule has 1 aromatic heterocycles. The smallest absolute Gasteiger partial charge is 0.283 e. The van der Waals surface area contributed by atoms with Crippen LogP contribution in [0.2, 0.25) is 5.02 Å². The van der Waals surface area contributed by atoms with Crippen LogP contribution < -0.4 is 9.64 Å². The van der Waals surface area contributed by atoms with Crippen LogP contribution in [0.25, 0.3) is 6.08 Å². The predicted octanol–water partition coefficient (Wildman–Crippen LogP) is 3.45. The van der Waals surface area contributed by atoms with Gasteiger partial charge >= 0.3 is 0 Å². The number of hydrogen-bond donors (Lipinski definition) is 0. The number of hydrogen-bond acceptors (Lipinski definition) is 8. The highest BCUT2D eigenvalue weighted by Gasteiger charge is 2.36. The lowest BCUT2D eigenvalue weighted by Crippen LogP contribution is -2.42. The van der Waals surface area contributed by atoms with Gasteiger partial charge in [-0.05, 0) is 43.7 Å². The fourth-order valence-corrected chi connectivity index (χ4v) is 6.87. The van der Waals surface area contributed by atoms with Crippen LogP contribution in [-0.2, 0) is 19.4 Å². The van der Waals surface area contributed by atoms with Gasteiger partial charge in [0.25, 0.3) is 5.91 Å². The summed E-state index contributed by atoms with van der Waals surface area (Å²) >= 11 is 7.39. The third-order valence-corrected chi connectivity index (χ3v) is 8.65. The molecule has 9 nitrogen and oxygen atoms in total. The van der Waals surface area contributed by atoms with E-state index in [2.05, 4.69) is 4.99 Å². The Morgan fingerprint density at radius 1 is 1.40 bits per heavy atom. The third-order valence-electron chi connectivity index (χ3n) is 5.68. The minimum atomic E-state index is -3.13. The van der Waals surface area contributed by atoms with Crippen molar-refractivity contribution < 1.29 is 27.2 Å². The minimum Gasteiger partial charge on any atom is -0.495 e. The van der Waals surface area contributed by atoms with Crippen LogP contribution >= 0.6 is 23.4 Å². The van der Waals surface area contributed by atoms with Gasteiger partial charge in [0.05, 0.1) is 41.3 Å². The number of carbonyl (C=O) groups is 2. The first-order valence-corrected chi connectivity index (χ1v) is 14.1. The molecule has 1 unspecified atom stereocenters. The molecule has 0 bridgehead atoms. The summed E-state index contributed by atoms with van der Waals surface area (Å²) in [5.41, 5.74) is 0.618. The summed E-state index contributed by atoms with van der Waals surface area (Å²) in [6.45, 7) is 2.21. The fraction of sp³-hybridized carbons (Fsp3) is 0.348. The monoisotopic (exact) mass is 537 g/mol. The van der Waals surface area contributed by atoms with Crippen LogP contribution in [0, 0.1) is 0 Å². The van der Waals surface area contributed by atoms with Crippen LogP contribution in [-0.4, -0.2) is 67.3 Å². The summed E-state index contributed by atoms with van der Waals surface area (Å²) in [5, 5.41) is 0.624. The molecule has 4 rings (SSSR count). The Labute approximate surface area is 212 Å². The van der Waals surface area contributed by atoms with E-state index in [-0.39, 0.29) is 34.9 Å². The summed E-state index contributed by atoms with van der Waals surface area (Å²) in [5.74, 6) is 0.362. The van der Waals surface area contributed by atoms with E-state index in [1.54, 1.807) is 35.2 Å². The Kier molecular flexibility index (Phi) is 7.58. The van der Waals surface area contributed by atoms with Gasteiger partial charge < -0.3 is 14.1 Å².